The molecule has 0 radical (unpaired) electrons. The van der Waals surface area contributed by atoms with Gasteiger partial charge in [0.25, 0.3) is 0 Å². The number of nitrogens with zero attached hydrogens (tertiary/aromatic N) is 3. The summed E-state index contributed by atoms with van der Waals surface area (Å²) in [6.07, 6.45) is 2.68. The normalized spacial score (nSPS) is 22.9. The molecule has 13 heteroatoms. The fraction of sp³-hybridized carbons (Fsp3) is 0.500. The molecule has 3 aliphatic heterocycles. The Labute approximate surface area is 235 Å². The summed E-state index contributed by atoms with van der Waals surface area (Å²) in [7, 11) is -3.92. The molecule has 3 unspecified atom stereocenters. The zero-order valence-corrected chi connectivity index (χ0v) is 23.9. The van der Waals surface area contributed by atoms with Gasteiger partial charge in [-0.3, -0.25) is 9.80 Å². The summed E-state index contributed by atoms with van der Waals surface area (Å²) >= 11 is 0. The molecular formula is C28H31F3N4O5S. The number of carbonyl (C=O) groups is 1. The van der Waals surface area contributed by atoms with E-state index in [-0.39, 0.29) is 30.0 Å². The Bertz CT molecular complexity index is 1650. The van der Waals surface area contributed by atoms with Gasteiger partial charge in [0.05, 0.1) is 17.1 Å². The molecule has 2 aromatic carbocycles. The van der Waals surface area contributed by atoms with Crippen LogP contribution in [0.25, 0.3) is 22.2 Å². The summed E-state index contributed by atoms with van der Waals surface area (Å²) in [5, 5.41) is 0. The highest BCUT2D eigenvalue weighted by Crippen LogP contribution is 2.58. The molecule has 41 heavy (non-hydrogen) atoms. The number of imidazole rings is 1. The lowest BCUT2D eigenvalue weighted by Gasteiger charge is -2.27. The number of nitrogens with one attached hydrogen (secondary N) is 1. The fourth-order valence-corrected chi connectivity index (χ4v) is 6.87. The first-order valence-electron chi connectivity index (χ1n) is 13.5. The van der Waals surface area contributed by atoms with Crippen molar-refractivity contribution in [2.45, 2.75) is 75.7 Å². The molecule has 2 bridgehead atoms. The van der Waals surface area contributed by atoms with Crippen LogP contribution < -0.4 is 4.18 Å². The average molecular weight is 593 g/mol. The molecule has 2 fully saturated rings. The van der Waals surface area contributed by atoms with Crippen molar-refractivity contribution < 1.29 is 35.3 Å². The predicted molar refractivity (Wildman–Crippen MR) is 145 cm³/mol. The summed E-state index contributed by atoms with van der Waals surface area (Å²) in [6.45, 7) is 6.05. The third-order valence-electron chi connectivity index (χ3n) is 8.10. The Morgan fingerprint density at radius 1 is 1.02 bits per heavy atom. The van der Waals surface area contributed by atoms with Crippen LogP contribution in [-0.2, 0) is 14.9 Å². The van der Waals surface area contributed by atoms with Gasteiger partial charge in [-0.1, -0.05) is 12.1 Å². The van der Waals surface area contributed by atoms with E-state index >= 15 is 0 Å². The molecule has 1 amide bonds. The van der Waals surface area contributed by atoms with Gasteiger partial charge in [-0.25, -0.2) is 9.78 Å². The summed E-state index contributed by atoms with van der Waals surface area (Å²) in [4.78, 5) is 24.7. The second kappa shape index (κ2) is 9.35. The number of aromatic amines is 1. The number of benzene rings is 2. The summed E-state index contributed by atoms with van der Waals surface area (Å²) in [5.41, 5.74) is -1.80. The molecule has 3 atom stereocenters. The number of ether oxygens (including phenoxy) is 1. The lowest BCUT2D eigenvalue weighted by atomic mass is 9.85. The topological polar surface area (TPSA) is 105 Å². The van der Waals surface area contributed by atoms with Crippen LogP contribution in [0.5, 0.6) is 5.75 Å². The minimum absolute atomic E-state index is 0.0731. The van der Waals surface area contributed by atoms with Crippen molar-refractivity contribution in [1.29, 1.82) is 0 Å². The van der Waals surface area contributed by atoms with Crippen LogP contribution in [0.1, 0.15) is 81.5 Å². The van der Waals surface area contributed by atoms with E-state index in [4.69, 9.17) is 9.72 Å². The molecule has 0 spiro atoms. The number of hydrogen-bond acceptors (Lipinski definition) is 7. The van der Waals surface area contributed by atoms with Gasteiger partial charge in [-0.05, 0) is 88.4 Å². The van der Waals surface area contributed by atoms with Crippen molar-refractivity contribution in [3.8, 4) is 16.9 Å². The van der Waals surface area contributed by atoms with Gasteiger partial charge in [-0.2, -0.15) is 21.6 Å². The number of likely N-dealkylation sites (tertiary alicyclic amines) is 1. The number of alkyl halides is 3. The molecule has 3 aliphatic rings. The van der Waals surface area contributed by atoms with Crippen molar-refractivity contribution in [3.63, 3.8) is 0 Å². The Morgan fingerprint density at radius 3 is 2.41 bits per heavy atom. The zero-order valence-electron chi connectivity index (χ0n) is 23.1. The van der Waals surface area contributed by atoms with Crippen LogP contribution in [0.3, 0.4) is 0 Å². The van der Waals surface area contributed by atoms with Crippen molar-refractivity contribution >= 4 is 27.2 Å². The lowest BCUT2D eigenvalue weighted by Crippen LogP contribution is -2.36. The Morgan fingerprint density at radius 2 is 1.73 bits per heavy atom. The molecule has 4 heterocycles. The van der Waals surface area contributed by atoms with Crippen LogP contribution in [0, 0.1) is 0 Å². The van der Waals surface area contributed by atoms with E-state index in [2.05, 4.69) is 14.1 Å². The lowest BCUT2D eigenvalue weighted by molar-refractivity contribution is -0.0500. The summed E-state index contributed by atoms with van der Waals surface area (Å²) < 4.78 is 73.3. The smallest absolute Gasteiger partial charge is 0.444 e. The fourth-order valence-electron chi connectivity index (χ4n) is 6.39. The molecule has 220 valence electrons. The number of hydrogen-bond donors (Lipinski definition) is 1. The second-order valence-electron chi connectivity index (χ2n) is 11.9. The van der Waals surface area contributed by atoms with E-state index in [0.29, 0.717) is 29.9 Å². The van der Waals surface area contributed by atoms with E-state index in [9.17, 15) is 26.4 Å². The van der Waals surface area contributed by atoms with Crippen molar-refractivity contribution in [2.75, 3.05) is 13.6 Å². The first-order chi connectivity index (χ1) is 19.1. The van der Waals surface area contributed by atoms with Crippen molar-refractivity contribution in [3.05, 3.63) is 47.3 Å². The van der Waals surface area contributed by atoms with E-state index in [1.54, 1.807) is 11.0 Å². The number of rotatable bonds is 4. The molecule has 0 aliphatic carbocycles. The van der Waals surface area contributed by atoms with E-state index < -0.39 is 21.2 Å². The predicted octanol–water partition coefficient (Wildman–Crippen LogP) is 6.35. The SMILES string of the molecule is CN1C2CCC1c1c(-c3ccc4nc(C5CCCN5C(=O)OC(C)(C)C)[nH]c4c3)ccc(OS(=O)(=O)C(F)(F)F)c12. The number of H-pyrrole nitrogens is 1. The van der Waals surface area contributed by atoms with Gasteiger partial charge in [0.1, 0.15) is 17.2 Å². The molecule has 1 N–H and O–H groups in total. The number of amides is 1. The third kappa shape index (κ3) is 4.72. The van der Waals surface area contributed by atoms with Crippen molar-refractivity contribution in [2.24, 2.45) is 0 Å². The molecule has 3 aromatic rings. The quantitative estimate of drug-likeness (QED) is 0.278. The van der Waals surface area contributed by atoms with Gasteiger partial charge in [0.15, 0.2) is 0 Å². The number of aromatic nitrogens is 2. The number of fused-ring (bicyclic) bond motifs is 6. The highest BCUT2D eigenvalue weighted by atomic mass is 32.2. The van der Waals surface area contributed by atoms with E-state index in [0.717, 1.165) is 41.5 Å². The zero-order chi connectivity index (χ0) is 29.5. The van der Waals surface area contributed by atoms with Crippen molar-refractivity contribution in [1.82, 2.24) is 19.8 Å². The maximum atomic E-state index is 13.1. The Kier molecular flexibility index (Phi) is 6.34. The monoisotopic (exact) mass is 592 g/mol. The van der Waals surface area contributed by atoms with Crippen LogP contribution >= 0.6 is 0 Å². The molecule has 1 aromatic heterocycles. The van der Waals surface area contributed by atoms with Gasteiger partial charge in [0.2, 0.25) is 0 Å². The highest BCUT2D eigenvalue weighted by molar-refractivity contribution is 7.88. The third-order valence-corrected chi connectivity index (χ3v) is 9.07. The molecule has 6 rings (SSSR count). The minimum atomic E-state index is -5.81. The molecule has 2 saturated heterocycles. The Hall–Kier alpha value is -3.32. The standard InChI is InChI=1S/C28H31F3N4O5S/c1-27(2,3)39-26(36)35-13-5-6-21(35)25-32-17-9-7-15(14-18(17)33-25)16-8-12-22(40-41(37,38)28(29,30)31)24-20-11-10-19(23(16)24)34(20)4/h7-9,12,14,19-21H,5-6,10-11,13H2,1-4H3,(H,32,33). The van der Waals surface area contributed by atoms with Gasteiger partial charge in [0, 0.05) is 24.2 Å². The molecule has 0 saturated carbocycles. The first-order valence-corrected chi connectivity index (χ1v) is 14.9. The van der Waals surface area contributed by atoms with Crippen LogP contribution in [0.15, 0.2) is 30.3 Å². The largest absolute Gasteiger partial charge is 0.534 e. The average Bonchev–Trinajstić information content (AvgIpc) is 3.64. The molecule has 9 nitrogen and oxygen atoms in total. The van der Waals surface area contributed by atoms with Gasteiger partial charge in [-0.15, -0.1) is 0 Å². The maximum Gasteiger partial charge on any atom is 0.534 e. The van der Waals surface area contributed by atoms with Crippen LogP contribution in [-0.4, -0.2) is 59.0 Å². The first kappa shape index (κ1) is 27.8. The van der Waals surface area contributed by atoms with E-state index in [1.165, 1.54) is 6.07 Å². The highest BCUT2D eigenvalue weighted by Gasteiger charge is 2.51. The van der Waals surface area contributed by atoms with Crippen LogP contribution in [0.4, 0.5) is 18.0 Å². The second-order valence-corrected chi connectivity index (χ2v) is 13.4. The summed E-state index contributed by atoms with van der Waals surface area (Å²) in [6, 6.07) is 8.04. The van der Waals surface area contributed by atoms with Crippen LogP contribution in [0.2, 0.25) is 0 Å². The van der Waals surface area contributed by atoms with E-state index in [1.807, 2.05) is 46.0 Å². The minimum Gasteiger partial charge on any atom is -0.444 e. The summed E-state index contributed by atoms with van der Waals surface area (Å²) in [5.74, 6) is 0.374. The van der Waals surface area contributed by atoms with Gasteiger partial charge >= 0.3 is 21.7 Å². The van der Waals surface area contributed by atoms with Gasteiger partial charge < -0.3 is 13.9 Å². The maximum absolute atomic E-state index is 13.1. The number of halogens is 3. The number of carbonyl (C=O) groups excluding carboxylic acids is 1. The Balaban J connectivity index is 1.37. The molecular weight excluding hydrogens is 561 g/mol.